The fourth-order valence-corrected chi connectivity index (χ4v) is 2.67. The molecule has 0 bridgehead atoms. The van der Waals surface area contributed by atoms with Gasteiger partial charge in [-0.1, -0.05) is 12.1 Å². The largest absolute Gasteiger partial charge is 0.379 e. The maximum atomic E-state index is 5.42. The lowest BCUT2D eigenvalue weighted by Crippen LogP contribution is -2.37. The Hall–Kier alpha value is -1.26. The predicted molar refractivity (Wildman–Crippen MR) is 74.4 cm³/mol. The monoisotopic (exact) mass is 247 g/mol. The van der Waals surface area contributed by atoms with Gasteiger partial charge in [0.05, 0.1) is 24.6 Å². The van der Waals surface area contributed by atoms with Crippen LogP contribution in [0.4, 0.5) is 11.4 Å². The number of anilines is 2. The number of para-hydroxylation sites is 2. The molecule has 1 aromatic rings. The Labute approximate surface area is 108 Å². The molecule has 0 spiro atoms. The lowest BCUT2D eigenvalue weighted by Gasteiger charge is -2.31. The second-order valence-corrected chi connectivity index (χ2v) is 4.95. The van der Waals surface area contributed by atoms with Crippen molar-refractivity contribution in [2.45, 2.75) is 12.5 Å². The van der Waals surface area contributed by atoms with Crippen molar-refractivity contribution < 1.29 is 4.74 Å². The van der Waals surface area contributed by atoms with Crippen LogP contribution in [-0.4, -0.2) is 45.4 Å². The minimum atomic E-state index is 0.562. The summed E-state index contributed by atoms with van der Waals surface area (Å²) in [6, 6.07) is 9.17. The van der Waals surface area contributed by atoms with Gasteiger partial charge in [0.1, 0.15) is 0 Å². The number of hydrogen-bond acceptors (Lipinski definition) is 4. The Morgan fingerprint density at radius 1 is 1.22 bits per heavy atom. The van der Waals surface area contributed by atoms with Gasteiger partial charge in [-0.05, 0) is 25.1 Å². The van der Waals surface area contributed by atoms with Crippen LogP contribution in [0.15, 0.2) is 24.3 Å². The molecule has 2 saturated heterocycles. The number of ether oxygens (including phenoxy) is 1. The van der Waals surface area contributed by atoms with Crippen LogP contribution in [0, 0.1) is 0 Å². The normalized spacial score (nSPS) is 24.2. The van der Waals surface area contributed by atoms with Gasteiger partial charge in [0, 0.05) is 25.7 Å². The number of hydrogen-bond donors (Lipinski definition) is 2. The molecule has 3 rings (SSSR count). The predicted octanol–water partition coefficient (Wildman–Crippen LogP) is 1.30. The Bertz CT molecular complexity index is 384. The van der Waals surface area contributed by atoms with Crippen molar-refractivity contribution in [3.63, 3.8) is 0 Å². The quantitative estimate of drug-likeness (QED) is 0.844. The maximum absolute atomic E-state index is 5.42. The van der Waals surface area contributed by atoms with Crippen molar-refractivity contribution >= 4 is 11.4 Å². The van der Waals surface area contributed by atoms with Gasteiger partial charge in [0.15, 0.2) is 0 Å². The molecule has 98 valence electrons. The van der Waals surface area contributed by atoms with E-state index in [1.165, 1.54) is 17.8 Å². The molecule has 2 N–H and O–H groups in total. The van der Waals surface area contributed by atoms with Crippen LogP contribution in [0.5, 0.6) is 0 Å². The molecule has 0 aliphatic carbocycles. The molecule has 2 fully saturated rings. The SMILES string of the molecule is c1ccc(N2CCOCC2)c(NC2CCNC2)c1. The van der Waals surface area contributed by atoms with Gasteiger partial charge in [-0.25, -0.2) is 0 Å². The lowest BCUT2D eigenvalue weighted by atomic mass is 10.2. The number of benzene rings is 1. The Balaban J connectivity index is 1.75. The smallest absolute Gasteiger partial charge is 0.0642 e. The van der Waals surface area contributed by atoms with Crippen LogP contribution in [0.1, 0.15) is 6.42 Å². The molecule has 18 heavy (non-hydrogen) atoms. The minimum Gasteiger partial charge on any atom is -0.379 e. The molecule has 4 heteroatoms. The first kappa shape index (κ1) is 11.8. The third kappa shape index (κ3) is 2.60. The van der Waals surface area contributed by atoms with Gasteiger partial charge in [-0.2, -0.15) is 0 Å². The summed E-state index contributed by atoms with van der Waals surface area (Å²) in [5.41, 5.74) is 2.57. The van der Waals surface area contributed by atoms with Crippen molar-refractivity contribution in [3.8, 4) is 0 Å². The summed E-state index contributed by atoms with van der Waals surface area (Å²) in [6.45, 7) is 5.83. The third-order valence-corrected chi connectivity index (χ3v) is 3.68. The highest BCUT2D eigenvalue weighted by molar-refractivity contribution is 5.70. The van der Waals surface area contributed by atoms with Crippen LogP contribution >= 0.6 is 0 Å². The summed E-state index contributed by atoms with van der Waals surface area (Å²) >= 11 is 0. The number of nitrogens with one attached hydrogen (secondary N) is 2. The summed E-state index contributed by atoms with van der Waals surface area (Å²) in [7, 11) is 0. The molecule has 1 unspecified atom stereocenters. The molecule has 4 nitrogen and oxygen atoms in total. The number of rotatable bonds is 3. The molecule has 0 radical (unpaired) electrons. The Morgan fingerprint density at radius 2 is 2.06 bits per heavy atom. The summed E-state index contributed by atoms with van der Waals surface area (Å²) in [5, 5.41) is 7.06. The molecule has 0 aromatic heterocycles. The maximum Gasteiger partial charge on any atom is 0.0642 e. The highest BCUT2D eigenvalue weighted by atomic mass is 16.5. The first-order valence-electron chi connectivity index (χ1n) is 6.82. The van der Waals surface area contributed by atoms with E-state index in [9.17, 15) is 0 Å². The van der Waals surface area contributed by atoms with Gasteiger partial charge in [-0.15, -0.1) is 0 Å². The Morgan fingerprint density at radius 3 is 2.83 bits per heavy atom. The van der Waals surface area contributed by atoms with Gasteiger partial charge >= 0.3 is 0 Å². The number of morpholine rings is 1. The van der Waals surface area contributed by atoms with Crippen molar-refractivity contribution in [2.75, 3.05) is 49.6 Å². The van der Waals surface area contributed by atoms with E-state index in [1.54, 1.807) is 0 Å². The van der Waals surface area contributed by atoms with Gasteiger partial charge in [-0.3, -0.25) is 0 Å². The molecule has 2 heterocycles. The minimum absolute atomic E-state index is 0.562. The topological polar surface area (TPSA) is 36.5 Å². The van der Waals surface area contributed by atoms with E-state index >= 15 is 0 Å². The Kier molecular flexibility index (Phi) is 3.67. The second-order valence-electron chi connectivity index (χ2n) is 4.95. The van der Waals surface area contributed by atoms with E-state index < -0.39 is 0 Å². The number of nitrogens with zero attached hydrogens (tertiary/aromatic N) is 1. The van der Waals surface area contributed by atoms with Crippen molar-refractivity contribution in [3.05, 3.63) is 24.3 Å². The molecule has 1 aromatic carbocycles. The average molecular weight is 247 g/mol. The van der Waals surface area contributed by atoms with Crippen LogP contribution in [-0.2, 0) is 4.74 Å². The molecule has 1 atom stereocenters. The summed E-state index contributed by atoms with van der Waals surface area (Å²) in [4.78, 5) is 2.41. The third-order valence-electron chi connectivity index (χ3n) is 3.68. The first-order valence-corrected chi connectivity index (χ1v) is 6.82. The zero-order valence-electron chi connectivity index (χ0n) is 10.7. The molecule has 2 aliphatic rings. The molecular weight excluding hydrogens is 226 g/mol. The summed E-state index contributed by atoms with van der Waals surface area (Å²) in [5.74, 6) is 0. The van der Waals surface area contributed by atoms with Gasteiger partial charge < -0.3 is 20.3 Å². The zero-order valence-corrected chi connectivity index (χ0v) is 10.7. The van der Waals surface area contributed by atoms with E-state index in [2.05, 4.69) is 39.8 Å². The van der Waals surface area contributed by atoms with E-state index in [4.69, 9.17) is 4.74 Å². The average Bonchev–Trinajstić information content (AvgIpc) is 2.93. The van der Waals surface area contributed by atoms with Crippen molar-refractivity contribution in [2.24, 2.45) is 0 Å². The van der Waals surface area contributed by atoms with Gasteiger partial charge in [0.2, 0.25) is 0 Å². The van der Waals surface area contributed by atoms with Crippen LogP contribution < -0.4 is 15.5 Å². The van der Waals surface area contributed by atoms with E-state index in [-0.39, 0.29) is 0 Å². The molecular formula is C14H21N3O. The van der Waals surface area contributed by atoms with Crippen molar-refractivity contribution in [1.82, 2.24) is 5.32 Å². The first-order chi connectivity index (χ1) is 8.93. The van der Waals surface area contributed by atoms with E-state index in [0.29, 0.717) is 6.04 Å². The fourth-order valence-electron chi connectivity index (χ4n) is 2.67. The van der Waals surface area contributed by atoms with Crippen LogP contribution in [0.2, 0.25) is 0 Å². The molecule has 2 aliphatic heterocycles. The van der Waals surface area contributed by atoms with Gasteiger partial charge in [0.25, 0.3) is 0 Å². The van der Waals surface area contributed by atoms with E-state index in [0.717, 1.165) is 39.4 Å². The molecule has 0 amide bonds. The van der Waals surface area contributed by atoms with E-state index in [1.807, 2.05) is 0 Å². The highest BCUT2D eigenvalue weighted by Gasteiger charge is 2.18. The second kappa shape index (κ2) is 5.59. The van der Waals surface area contributed by atoms with Crippen LogP contribution in [0.3, 0.4) is 0 Å². The summed E-state index contributed by atoms with van der Waals surface area (Å²) < 4.78 is 5.42. The highest BCUT2D eigenvalue weighted by Crippen LogP contribution is 2.27. The summed E-state index contributed by atoms with van der Waals surface area (Å²) in [6.07, 6.45) is 1.21. The lowest BCUT2D eigenvalue weighted by molar-refractivity contribution is 0.123. The zero-order chi connectivity index (χ0) is 12.2. The standard InChI is InChI=1S/C14H21N3O/c1-2-4-14(17-7-9-18-10-8-17)13(3-1)16-12-5-6-15-11-12/h1-4,12,15-16H,5-11H2. The van der Waals surface area contributed by atoms with Crippen LogP contribution in [0.25, 0.3) is 0 Å². The fraction of sp³-hybridized carbons (Fsp3) is 0.571. The van der Waals surface area contributed by atoms with Crippen molar-refractivity contribution in [1.29, 1.82) is 0 Å². The molecule has 0 saturated carbocycles.